The molecular formula is C5H9N5. The first-order valence-electron chi connectivity index (χ1n) is 2.99. The number of hydrogen-bond acceptors (Lipinski definition) is 5. The van der Waals surface area contributed by atoms with Gasteiger partial charge < -0.3 is 11.5 Å². The van der Waals surface area contributed by atoms with Gasteiger partial charge in [-0.25, -0.2) is 0 Å². The maximum atomic E-state index is 5.44. The van der Waals surface area contributed by atoms with Crippen LogP contribution in [0.3, 0.4) is 0 Å². The van der Waals surface area contributed by atoms with Crippen molar-refractivity contribution >= 4 is 11.6 Å². The average molecular weight is 139 g/mol. The molecule has 1 aromatic heterocycles. The number of nitrogens with zero attached hydrogens (tertiary/aromatic N) is 3. The largest absolute Gasteiger partial charge is 0.382 e. The molecule has 5 nitrogen and oxygen atoms in total. The van der Waals surface area contributed by atoms with E-state index in [-0.39, 0.29) is 0 Å². The van der Waals surface area contributed by atoms with Crippen LogP contribution in [0, 0.1) is 0 Å². The van der Waals surface area contributed by atoms with Crippen LogP contribution < -0.4 is 11.5 Å². The predicted octanol–water partition coefficient (Wildman–Crippen LogP) is -0.402. The van der Waals surface area contributed by atoms with Crippen LogP contribution in [0.4, 0.5) is 11.6 Å². The van der Waals surface area contributed by atoms with Gasteiger partial charge in [-0.15, -0.1) is 10.2 Å². The minimum Gasteiger partial charge on any atom is -0.382 e. The highest BCUT2D eigenvalue weighted by atomic mass is 15.3. The topological polar surface area (TPSA) is 90.7 Å². The quantitative estimate of drug-likeness (QED) is 0.552. The molecule has 0 aliphatic carbocycles. The van der Waals surface area contributed by atoms with Gasteiger partial charge in [-0.1, -0.05) is 6.92 Å². The van der Waals surface area contributed by atoms with Crippen molar-refractivity contribution < 1.29 is 0 Å². The van der Waals surface area contributed by atoms with E-state index < -0.39 is 0 Å². The van der Waals surface area contributed by atoms with E-state index >= 15 is 0 Å². The van der Waals surface area contributed by atoms with E-state index in [0.717, 1.165) is 12.0 Å². The molecule has 1 rings (SSSR count). The molecular weight excluding hydrogens is 130 g/mol. The summed E-state index contributed by atoms with van der Waals surface area (Å²) in [6.45, 7) is 1.94. The molecule has 0 saturated heterocycles. The lowest BCUT2D eigenvalue weighted by Gasteiger charge is -2.00. The monoisotopic (exact) mass is 139 g/mol. The summed E-state index contributed by atoms with van der Waals surface area (Å²) in [6.07, 6.45) is 0.736. The second kappa shape index (κ2) is 2.47. The van der Waals surface area contributed by atoms with Crippen molar-refractivity contribution in [3.8, 4) is 0 Å². The molecule has 10 heavy (non-hydrogen) atoms. The van der Waals surface area contributed by atoms with E-state index in [1.165, 1.54) is 0 Å². The van der Waals surface area contributed by atoms with Crippen LogP contribution in [0.15, 0.2) is 0 Å². The van der Waals surface area contributed by atoms with Crippen LogP contribution >= 0.6 is 0 Å². The Labute approximate surface area is 58.4 Å². The molecule has 0 aliphatic heterocycles. The molecule has 0 fully saturated rings. The lowest BCUT2D eigenvalue weighted by atomic mass is 10.2. The number of aromatic nitrogens is 3. The van der Waals surface area contributed by atoms with Crippen LogP contribution in [0.1, 0.15) is 12.5 Å². The van der Waals surface area contributed by atoms with Crippen molar-refractivity contribution in [3.63, 3.8) is 0 Å². The number of nitrogen functional groups attached to an aromatic ring is 2. The lowest BCUT2D eigenvalue weighted by molar-refractivity contribution is 0.860. The fraction of sp³-hybridized carbons (Fsp3) is 0.400. The van der Waals surface area contributed by atoms with Crippen molar-refractivity contribution in [2.24, 2.45) is 0 Å². The second-order valence-corrected chi connectivity index (χ2v) is 1.89. The Bertz CT molecular complexity index is 213. The molecule has 1 heterocycles. The van der Waals surface area contributed by atoms with Crippen LogP contribution in [0.2, 0.25) is 0 Å². The number of anilines is 2. The van der Waals surface area contributed by atoms with Gasteiger partial charge in [0.15, 0.2) is 11.6 Å². The summed E-state index contributed by atoms with van der Waals surface area (Å²) in [5, 5.41) is 10.4. The Morgan fingerprint density at radius 2 is 1.70 bits per heavy atom. The van der Waals surface area contributed by atoms with Crippen LogP contribution in [-0.2, 0) is 6.42 Å². The third-order valence-electron chi connectivity index (χ3n) is 1.28. The first kappa shape index (κ1) is 6.73. The van der Waals surface area contributed by atoms with E-state index in [1.54, 1.807) is 0 Å². The van der Waals surface area contributed by atoms with Gasteiger partial charge >= 0.3 is 0 Å². The zero-order chi connectivity index (χ0) is 7.56. The third-order valence-corrected chi connectivity index (χ3v) is 1.28. The maximum Gasteiger partial charge on any atom is 0.154 e. The number of nitrogens with two attached hydrogens (primary N) is 2. The van der Waals surface area contributed by atoms with Gasteiger partial charge in [-0.3, -0.25) is 0 Å². The van der Waals surface area contributed by atoms with Gasteiger partial charge in [-0.05, 0) is 11.6 Å². The lowest BCUT2D eigenvalue weighted by Crippen LogP contribution is -2.06. The summed E-state index contributed by atoms with van der Waals surface area (Å²) < 4.78 is 0. The summed E-state index contributed by atoms with van der Waals surface area (Å²) in [5.74, 6) is 0.741. The molecule has 0 unspecified atom stereocenters. The first-order valence-corrected chi connectivity index (χ1v) is 2.99. The smallest absolute Gasteiger partial charge is 0.154 e. The van der Waals surface area contributed by atoms with Gasteiger partial charge in [-0.2, -0.15) is 0 Å². The Hall–Kier alpha value is -1.39. The Balaban J connectivity index is 3.17. The summed E-state index contributed by atoms with van der Waals surface area (Å²) in [5.41, 5.74) is 11.6. The summed E-state index contributed by atoms with van der Waals surface area (Å²) in [6, 6.07) is 0. The SMILES string of the molecule is CCc1c(N)nnnc1N. The van der Waals surface area contributed by atoms with Crippen molar-refractivity contribution in [2.75, 3.05) is 11.5 Å². The molecule has 0 spiro atoms. The molecule has 1 aromatic rings. The van der Waals surface area contributed by atoms with Crippen LogP contribution in [0.25, 0.3) is 0 Å². The summed E-state index contributed by atoms with van der Waals surface area (Å²) in [4.78, 5) is 0. The van der Waals surface area contributed by atoms with E-state index in [2.05, 4.69) is 15.4 Å². The fourth-order valence-corrected chi connectivity index (χ4v) is 0.733. The fourth-order valence-electron chi connectivity index (χ4n) is 0.733. The van der Waals surface area contributed by atoms with Gasteiger partial charge in [0.25, 0.3) is 0 Å². The summed E-state index contributed by atoms with van der Waals surface area (Å²) >= 11 is 0. The standard InChI is InChI=1S/C5H9N5/c1-2-3-4(6)8-10-9-5(3)7/h2H2,1H3,(H4,6,7,8,9). The molecule has 4 N–H and O–H groups in total. The van der Waals surface area contributed by atoms with Crippen molar-refractivity contribution in [1.82, 2.24) is 15.4 Å². The van der Waals surface area contributed by atoms with Gasteiger partial charge in [0, 0.05) is 5.56 Å². The van der Waals surface area contributed by atoms with Gasteiger partial charge in [0.2, 0.25) is 0 Å². The molecule has 5 heteroatoms. The van der Waals surface area contributed by atoms with Crippen molar-refractivity contribution in [2.45, 2.75) is 13.3 Å². The molecule has 0 saturated carbocycles. The molecule has 0 radical (unpaired) electrons. The second-order valence-electron chi connectivity index (χ2n) is 1.89. The molecule has 54 valence electrons. The highest BCUT2D eigenvalue weighted by Gasteiger charge is 2.02. The third kappa shape index (κ3) is 0.975. The minimum absolute atomic E-state index is 0.370. The van der Waals surface area contributed by atoms with Crippen LogP contribution in [-0.4, -0.2) is 15.4 Å². The Kier molecular flexibility index (Phi) is 1.66. The predicted molar refractivity (Wildman–Crippen MR) is 38.0 cm³/mol. The van der Waals surface area contributed by atoms with E-state index in [1.807, 2.05) is 6.92 Å². The highest BCUT2D eigenvalue weighted by molar-refractivity contribution is 5.50. The number of hydrogen-bond donors (Lipinski definition) is 2. The highest BCUT2D eigenvalue weighted by Crippen LogP contribution is 2.11. The maximum absolute atomic E-state index is 5.44. The zero-order valence-electron chi connectivity index (χ0n) is 5.70. The van der Waals surface area contributed by atoms with Gasteiger partial charge in [0.1, 0.15) is 0 Å². The molecule has 0 bridgehead atoms. The zero-order valence-corrected chi connectivity index (χ0v) is 5.70. The molecule has 0 amide bonds. The van der Waals surface area contributed by atoms with E-state index in [0.29, 0.717) is 11.6 Å². The number of rotatable bonds is 1. The Morgan fingerprint density at radius 1 is 1.20 bits per heavy atom. The molecule has 0 aliphatic rings. The van der Waals surface area contributed by atoms with Crippen molar-refractivity contribution in [1.29, 1.82) is 0 Å². The van der Waals surface area contributed by atoms with E-state index in [4.69, 9.17) is 11.5 Å². The summed E-state index contributed by atoms with van der Waals surface area (Å²) in [7, 11) is 0. The average Bonchev–Trinajstić information content (AvgIpc) is 1.88. The van der Waals surface area contributed by atoms with E-state index in [9.17, 15) is 0 Å². The minimum atomic E-state index is 0.370. The normalized spacial score (nSPS) is 9.70. The molecule has 0 atom stereocenters. The van der Waals surface area contributed by atoms with Gasteiger partial charge in [0.05, 0.1) is 0 Å². The molecule has 0 aromatic carbocycles. The van der Waals surface area contributed by atoms with Crippen molar-refractivity contribution in [3.05, 3.63) is 5.56 Å². The Morgan fingerprint density at radius 3 is 2.00 bits per heavy atom. The van der Waals surface area contributed by atoms with Crippen LogP contribution in [0.5, 0.6) is 0 Å². The first-order chi connectivity index (χ1) is 4.75.